The monoisotopic (exact) mass is 607 g/mol. The zero-order chi connectivity index (χ0) is 30.6. The number of nitrogens with zero attached hydrogens (tertiary/aromatic N) is 5. The molecule has 2 N–H and O–H groups in total. The lowest BCUT2D eigenvalue weighted by molar-refractivity contribution is -0.111. The highest BCUT2D eigenvalue weighted by atomic mass is 32.2. The standard InChI is InChI=1S/C30H37N7O5S/c1-5-28(38)32-24-17-25(27(41-4)18-26(24)36-15-12-21(13-16-36)35(2)3)33-30-31-14-11-29(34-30)42-22-19-37(20-22)43(39,40)23-9-7-6-8-10-23/h5-11,14,17-18,21-22H,1,12-13,15-16,19-20H2,2-4H3,(H,32,38)(H,31,33,34). The third-order valence-electron chi connectivity index (χ3n) is 7.66. The summed E-state index contributed by atoms with van der Waals surface area (Å²) in [5, 5.41) is 6.10. The van der Waals surface area contributed by atoms with Crippen molar-refractivity contribution in [3.63, 3.8) is 0 Å². The van der Waals surface area contributed by atoms with Crippen LogP contribution in [0.3, 0.4) is 0 Å². The number of sulfonamides is 1. The summed E-state index contributed by atoms with van der Waals surface area (Å²) >= 11 is 0. The first-order valence-corrected chi connectivity index (χ1v) is 15.5. The number of benzene rings is 2. The highest BCUT2D eigenvalue weighted by Crippen LogP contribution is 2.39. The first-order valence-electron chi connectivity index (χ1n) is 14.1. The Morgan fingerprint density at radius 1 is 1.09 bits per heavy atom. The van der Waals surface area contributed by atoms with Crippen LogP contribution in [-0.2, 0) is 14.8 Å². The Labute approximate surface area is 252 Å². The molecule has 0 spiro atoms. The SMILES string of the molecule is C=CC(=O)Nc1cc(Nc2nccc(OC3CN(S(=O)(=O)c4ccccc4)C3)n2)c(OC)cc1N1CCC(N(C)C)CC1. The van der Waals surface area contributed by atoms with Gasteiger partial charge in [0.1, 0.15) is 11.9 Å². The van der Waals surface area contributed by atoms with Crippen LogP contribution in [0.25, 0.3) is 0 Å². The molecule has 2 aliphatic heterocycles. The average molecular weight is 608 g/mol. The minimum absolute atomic E-state index is 0.220. The highest BCUT2D eigenvalue weighted by molar-refractivity contribution is 7.89. The van der Waals surface area contributed by atoms with Crippen LogP contribution in [0.2, 0.25) is 0 Å². The van der Waals surface area contributed by atoms with Crippen LogP contribution in [0.5, 0.6) is 11.6 Å². The Morgan fingerprint density at radius 3 is 2.47 bits per heavy atom. The van der Waals surface area contributed by atoms with Gasteiger partial charge in [-0.3, -0.25) is 4.79 Å². The van der Waals surface area contributed by atoms with E-state index in [1.807, 2.05) is 6.07 Å². The molecule has 0 bridgehead atoms. The number of carbonyl (C=O) groups is 1. The fourth-order valence-corrected chi connectivity index (χ4v) is 6.70. The first-order chi connectivity index (χ1) is 20.7. The maximum absolute atomic E-state index is 12.8. The molecule has 3 heterocycles. The van der Waals surface area contributed by atoms with Crippen LogP contribution < -0.4 is 25.0 Å². The van der Waals surface area contributed by atoms with E-state index in [2.05, 4.69) is 51.1 Å². The van der Waals surface area contributed by atoms with Gasteiger partial charge in [-0.1, -0.05) is 24.8 Å². The number of ether oxygens (including phenoxy) is 2. The van der Waals surface area contributed by atoms with Gasteiger partial charge in [0.05, 0.1) is 42.2 Å². The third-order valence-corrected chi connectivity index (χ3v) is 9.50. The van der Waals surface area contributed by atoms with Crippen molar-refractivity contribution < 1.29 is 22.7 Å². The molecule has 0 aliphatic carbocycles. The molecule has 12 nitrogen and oxygen atoms in total. The van der Waals surface area contributed by atoms with Crippen molar-refractivity contribution in [3.8, 4) is 11.6 Å². The van der Waals surface area contributed by atoms with E-state index in [1.54, 1.807) is 55.8 Å². The lowest BCUT2D eigenvalue weighted by atomic mass is 10.0. The fraction of sp³-hybridized carbons (Fsp3) is 0.367. The molecular weight excluding hydrogens is 570 g/mol. The third kappa shape index (κ3) is 6.90. The number of hydrogen-bond acceptors (Lipinski definition) is 10. The second-order valence-electron chi connectivity index (χ2n) is 10.7. The summed E-state index contributed by atoms with van der Waals surface area (Å²) in [5.41, 5.74) is 2.01. The van der Waals surface area contributed by atoms with E-state index >= 15 is 0 Å². The number of nitrogens with one attached hydrogen (secondary N) is 2. The molecule has 1 aromatic heterocycles. The van der Waals surface area contributed by atoms with Crippen LogP contribution in [0.15, 0.2) is 72.3 Å². The maximum atomic E-state index is 12.8. The summed E-state index contributed by atoms with van der Waals surface area (Å²) in [6.07, 6.45) is 4.45. The van der Waals surface area contributed by atoms with Crippen molar-refractivity contribution in [2.45, 2.75) is 29.9 Å². The molecule has 228 valence electrons. The molecule has 2 aliphatic rings. The molecule has 0 atom stereocenters. The van der Waals surface area contributed by atoms with Crippen LogP contribution in [0.1, 0.15) is 12.8 Å². The van der Waals surface area contributed by atoms with E-state index in [4.69, 9.17) is 9.47 Å². The minimum Gasteiger partial charge on any atom is -0.494 e. The molecule has 5 rings (SSSR count). The first kappa shape index (κ1) is 30.3. The fourth-order valence-electron chi connectivity index (χ4n) is 5.18. The quantitative estimate of drug-likeness (QED) is 0.313. The maximum Gasteiger partial charge on any atom is 0.247 e. The Balaban J connectivity index is 1.30. The number of carbonyl (C=O) groups excluding carboxylic acids is 1. The van der Waals surface area contributed by atoms with Gasteiger partial charge in [0.15, 0.2) is 0 Å². The van der Waals surface area contributed by atoms with E-state index < -0.39 is 10.0 Å². The summed E-state index contributed by atoms with van der Waals surface area (Å²) < 4.78 is 38.6. The summed E-state index contributed by atoms with van der Waals surface area (Å²) in [5.74, 6) is 0.788. The summed E-state index contributed by atoms with van der Waals surface area (Å²) in [6, 6.07) is 14.1. The van der Waals surface area contributed by atoms with Gasteiger partial charge in [-0.05, 0) is 51.2 Å². The topological polar surface area (TPSA) is 129 Å². The normalized spacial score (nSPS) is 16.4. The van der Waals surface area contributed by atoms with Gasteiger partial charge in [-0.15, -0.1) is 0 Å². The van der Waals surface area contributed by atoms with E-state index in [0.29, 0.717) is 29.0 Å². The lowest BCUT2D eigenvalue weighted by Crippen LogP contribution is -2.56. The van der Waals surface area contributed by atoms with Gasteiger partial charge >= 0.3 is 0 Å². The molecule has 0 saturated carbocycles. The van der Waals surface area contributed by atoms with Gasteiger partial charge in [0.25, 0.3) is 0 Å². The predicted octanol–water partition coefficient (Wildman–Crippen LogP) is 3.34. The van der Waals surface area contributed by atoms with Gasteiger partial charge in [-0.25, -0.2) is 13.4 Å². The Hall–Kier alpha value is -4.20. The molecule has 2 saturated heterocycles. The number of anilines is 4. The van der Waals surface area contributed by atoms with E-state index in [0.717, 1.165) is 31.6 Å². The van der Waals surface area contributed by atoms with Crippen LogP contribution in [-0.4, -0.2) is 93.0 Å². The van der Waals surface area contributed by atoms with Crippen molar-refractivity contribution >= 4 is 38.9 Å². The van der Waals surface area contributed by atoms with Crippen LogP contribution >= 0.6 is 0 Å². The molecule has 2 aromatic carbocycles. The number of hydrogen-bond donors (Lipinski definition) is 2. The van der Waals surface area contributed by atoms with Gasteiger partial charge in [0.2, 0.25) is 27.8 Å². The second-order valence-corrected chi connectivity index (χ2v) is 12.6. The molecular formula is C30H37N7O5S. The summed E-state index contributed by atoms with van der Waals surface area (Å²) in [6.45, 7) is 5.70. The van der Waals surface area contributed by atoms with Crippen molar-refractivity contribution in [1.82, 2.24) is 19.2 Å². The molecule has 0 unspecified atom stereocenters. The predicted molar refractivity (Wildman–Crippen MR) is 166 cm³/mol. The van der Waals surface area contributed by atoms with Crippen molar-refractivity contribution in [2.24, 2.45) is 0 Å². The Bertz CT molecular complexity index is 1550. The number of piperidine rings is 1. The van der Waals surface area contributed by atoms with Crippen LogP contribution in [0, 0.1) is 0 Å². The zero-order valence-corrected chi connectivity index (χ0v) is 25.4. The van der Waals surface area contributed by atoms with Crippen molar-refractivity contribution in [1.29, 1.82) is 0 Å². The highest BCUT2D eigenvalue weighted by Gasteiger charge is 2.38. The van der Waals surface area contributed by atoms with Crippen molar-refractivity contribution in [3.05, 3.63) is 67.4 Å². The number of aromatic nitrogens is 2. The lowest BCUT2D eigenvalue weighted by Gasteiger charge is -2.37. The van der Waals surface area contributed by atoms with Crippen LogP contribution in [0.4, 0.5) is 23.0 Å². The molecule has 2 fully saturated rings. The summed E-state index contributed by atoms with van der Waals surface area (Å²) in [4.78, 5) is 25.9. The smallest absolute Gasteiger partial charge is 0.247 e. The molecule has 43 heavy (non-hydrogen) atoms. The average Bonchev–Trinajstić information content (AvgIpc) is 2.99. The van der Waals surface area contributed by atoms with Gasteiger partial charge in [0, 0.05) is 37.5 Å². The molecule has 13 heteroatoms. The van der Waals surface area contributed by atoms with E-state index in [1.165, 1.54) is 10.4 Å². The van der Waals surface area contributed by atoms with Crippen molar-refractivity contribution in [2.75, 3.05) is 62.9 Å². The van der Waals surface area contributed by atoms with E-state index in [9.17, 15) is 13.2 Å². The molecule has 0 radical (unpaired) electrons. The minimum atomic E-state index is -3.56. The van der Waals surface area contributed by atoms with Gasteiger partial charge < -0.3 is 29.9 Å². The Kier molecular flexibility index (Phi) is 9.14. The largest absolute Gasteiger partial charge is 0.494 e. The summed E-state index contributed by atoms with van der Waals surface area (Å²) in [7, 11) is 2.21. The molecule has 3 aromatic rings. The van der Waals surface area contributed by atoms with E-state index in [-0.39, 0.29) is 35.9 Å². The number of rotatable bonds is 11. The number of amides is 1. The molecule has 1 amide bonds. The number of methoxy groups -OCH3 is 1. The van der Waals surface area contributed by atoms with Gasteiger partial charge in [-0.2, -0.15) is 9.29 Å². The zero-order valence-electron chi connectivity index (χ0n) is 24.6. The second kappa shape index (κ2) is 13.0. The Morgan fingerprint density at radius 2 is 1.81 bits per heavy atom.